The average molecular weight is 767 g/mol. The summed E-state index contributed by atoms with van der Waals surface area (Å²) in [6.07, 6.45) is 3.57. The molecule has 2 rings (SSSR count). The first-order valence-electron chi connectivity index (χ1n) is 17.7. The molecule has 0 fully saturated rings. The van der Waals surface area contributed by atoms with Crippen LogP contribution in [0, 0.1) is 11.8 Å². The zero-order chi connectivity index (χ0) is 41.7. The van der Waals surface area contributed by atoms with E-state index in [2.05, 4.69) is 10.6 Å². The fourth-order valence-electron chi connectivity index (χ4n) is 4.62. The van der Waals surface area contributed by atoms with Crippen molar-refractivity contribution in [3.63, 3.8) is 0 Å². The fourth-order valence-corrected chi connectivity index (χ4v) is 4.62. The molecule has 14 nitrogen and oxygen atoms in total. The second-order valence-electron chi connectivity index (χ2n) is 15.2. The molecule has 0 unspecified atom stereocenters. The summed E-state index contributed by atoms with van der Waals surface area (Å²) in [6, 6.07) is 7.28. The van der Waals surface area contributed by atoms with Crippen molar-refractivity contribution in [3.05, 3.63) is 59.7 Å². The molecule has 2 atom stereocenters. The lowest BCUT2D eigenvalue weighted by molar-refractivity contribution is -0.138. The number of methoxy groups -OCH3 is 2. The number of esters is 2. The standard InChI is InChI=1S/C41H54N2O12/c1-24(2)34(42-38(48)54-40(5,6)7)36(46)52-30-19-15-26(21-32(30)50-11)13-17-28(44)23-29(45)18-14-27-16-20-31(33(22-27)51-12)53-37(47)35(25(3)4)43-39(49)55-41(8,9)10/h13-22,24-25,34-35H,23H2,1-12H3,(H,42,48)(H,43,49)/b17-13+,18-14+/t34-,35-/m0/s1. The Morgan fingerprint density at radius 3 is 1.22 bits per heavy atom. The van der Waals surface area contributed by atoms with Gasteiger partial charge in [0.1, 0.15) is 23.3 Å². The van der Waals surface area contributed by atoms with E-state index in [-0.39, 0.29) is 34.8 Å². The number of benzene rings is 2. The largest absolute Gasteiger partial charge is 0.493 e. The lowest BCUT2D eigenvalue weighted by Gasteiger charge is -2.24. The Morgan fingerprint density at radius 1 is 0.582 bits per heavy atom. The molecule has 0 radical (unpaired) electrons. The van der Waals surface area contributed by atoms with Gasteiger partial charge in [0.2, 0.25) is 0 Å². The predicted molar refractivity (Wildman–Crippen MR) is 206 cm³/mol. The molecule has 0 saturated carbocycles. The van der Waals surface area contributed by atoms with Gasteiger partial charge >= 0.3 is 24.1 Å². The van der Waals surface area contributed by atoms with Gasteiger partial charge in [0, 0.05) is 0 Å². The molecule has 2 amide bonds. The highest BCUT2D eigenvalue weighted by atomic mass is 16.6. The average Bonchev–Trinajstić information content (AvgIpc) is 3.06. The highest BCUT2D eigenvalue weighted by Crippen LogP contribution is 2.31. The maximum atomic E-state index is 13.0. The molecule has 0 spiro atoms. The summed E-state index contributed by atoms with van der Waals surface area (Å²) in [4.78, 5) is 75.7. The minimum Gasteiger partial charge on any atom is -0.493 e. The van der Waals surface area contributed by atoms with Crippen LogP contribution < -0.4 is 29.6 Å². The minimum absolute atomic E-state index is 0.103. The van der Waals surface area contributed by atoms with Gasteiger partial charge in [-0.25, -0.2) is 19.2 Å². The Hall–Kier alpha value is -5.66. The lowest BCUT2D eigenvalue weighted by Crippen LogP contribution is -2.48. The quantitative estimate of drug-likeness (QED) is 0.0784. The van der Waals surface area contributed by atoms with Gasteiger partial charge in [-0.3, -0.25) is 9.59 Å². The molecule has 0 aliphatic heterocycles. The van der Waals surface area contributed by atoms with Gasteiger partial charge in [0.25, 0.3) is 0 Å². The maximum Gasteiger partial charge on any atom is 0.408 e. The van der Waals surface area contributed by atoms with Crippen LogP contribution in [0.2, 0.25) is 0 Å². The van der Waals surface area contributed by atoms with Gasteiger partial charge in [-0.05, 0) is 101 Å². The number of ketones is 2. The summed E-state index contributed by atoms with van der Waals surface area (Å²) in [5.74, 6) is -2.36. The molecule has 2 N–H and O–H groups in total. The third kappa shape index (κ3) is 16.1. The molecule has 2 aromatic rings. The van der Waals surface area contributed by atoms with E-state index in [4.69, 9.17) is 28.4 Å². The van der Waals surface area contributed by atoms with Crippen molar-refractivity contribution in [2.24, 2.45) is 11.8 Å². The van der Waals surface area contributed by atoms with Crippen LogP contribution in [0.1, 0.15) is 86.8 Å². The second kappa shape index (κ2) is 20.1. The molecule has 300 valence electrons. The van der Waals surface area contributed by atoms with E-state index in [1.54, 1.807) is 93.5 Å². The predicted octanol–water partition coefficient (Wildman–Crippen LogP) is 6.87. The molecule has 0 aliphatic carbocycles. The van der Waals surface area contributed by atoms with Crippen LogP contribution in [0.3, 0.4) is 0 Å². The van der Waals surface area contributed by atoms with Crippen molar-refractivity contribution in [1.29, 1.82) is 0 Å². The van der Waals surface area contributed by atoms with E-state index in [1.165, 1.54) is 50.7 Å². The summed E-state index contributed by atoms with van der Waals surface area (Å²) >= 11 is 0. The Bertz CT molecular complexity index is 1640. The van der Waals surface area contributed by atoms with Crippen molar-refractivity contribution in [1.82, 2.24) is 10.6 Å². The van der Waals surface area contributed by atoms with Crippen molar-refractivity contribution in [2.45, 2.75) is 98.9 Å². The number of carbonyl (C=O) groups is 6. The number of hydrogen-bond acceptors (Lipinski definition) is 12. The van der Waals surface area contributed by atoms with Crippen LogP contribution >= 0.6 is 0 Å². The monoisotopic (exact) mass is 766 g/mol. The third-order valence-electron chi connectivity index (χ3n) is 7.25. The summed E-state index contributed by atoms with van der Waals surface area (Å²) in [7, 11) is 2.78. The Balaban J connectivity index is 2.05. The van der Waals surface area contributed by atoms with Crippen LogP contribution in [-0.2, 0) is 28.7 Å². The first-order chi connectivity index (χ1) is 25.5. The minimum atomic E-state index is -0.992. The number of ether oxygens (including phenoxy) is 6. The molecule has 0 aromatic heterocycles. The van der Waals surface area contributed by atoms with Crippen LogP contribution in [0.15, 0.2) is 48.6 Å². The van der Waals surface area contributed by atoms with Crippen molar-refractivity contribution in [2.75, 3.05) is 14.2 Å². The van der Waals surface area contributed by atoms with Gasteiger partial charge < -0.3 is 39.1 Å². The normalized spacial score (nSPS) is 12.9. The van der Waals surface area contributed by atoms with E-state index < -0.39 is 65.4 Å². The van der Waals surface area contributed by atoms with E-state index in [1.807, 2.05) is 0 Å². The lowest BCUT2D eigenvalue weighted by atomic mass is 10.0. The third-order valence-corrected chi connectivity index (χ3v) is 7.25. The number of amides is 2. The second-order valence-corrected chi connectivity index (χ2v) is 15.2. The number of carbonyl (C=O) groups excluding carboxylic acids is 6. The highest BCUT2D eigenvalue weighted by Gasteiger charge is 2.31. The number of rotatable bonds is 16. The Kier molecular flexibility index (Phi) is 16.7. The molecule has 14 heteroatoms. The summed E-state index contributed by atoms with van der Waals surface area (Å²) in [5, 5.41) is 5.09. The molecule has 0 saturated heterocycles. The van der Waals surface area contributed by atoms with Crippen molar-refractivity contribution >= 4 is 47.8 Å². The van der Waals surface area contributed by atoms with E-state index in [0.717, 1.165) is 0 Å². The van der Waals surface area contributed by atoms with Gasteiger partial charge in [0.05, 0.1) is 20.6 Å². The molecule has 0 bridgehead atoms. The zero-order valence-electron chi connectivity index (χ0n) is 33.7. The smallest absolute Gasteiger partial charge is 0.408 e. The van der Waals surface area contributed by atoms with Gasteiger partial charge in [0.15, 0.2) is 34.6 Å². The fraction of sp³-hybridized carbons (Fsp3) is 0.463. The maximum absolute atomic E-state index is 13.0. The summed E-state index contributed by atoms with van der Waals surface area (Å²) < 4.78 is 32.4. The molecule has 55 heavy (non-hydrogen) atoms. The molecule has 0 heterocycles. The summed E-state index contributed by atoms with van der Waals surface area (Å²) in [6.45, 7) is 17.3. The SMILES string of the molecule is COc1cc(/C=C/C(=O)CC(=O)/C=C/c2ccc(OC(=O)[C@@H](NC(=O)OC(C)(C)C)C(C)C)c(OC)c2)ccc1OC(=O)[C@@H](NC(=O)OC(C)(C)C)C(C)C. The van der Waals surface area contributed by atoms with Crippen LogP contribution in [0.5, 0.6) is 23.0 Å². The topological polar surface area (TPSA) is 182 Å². The number of nitrogens with one attached hydrogen (secondary N) is 2. The first-order valence-corrected chi connectivity index (χ1v) is 17.7. The van der Waals surface area contributed by atoms with Crippen LogP contribution in [0.25, 0.3) is 12.2 Å². The number of hydrogen-bond donors (Lipinski definition) is 2. The van der Waals surface area contributed by atoms with Crippen molar-refractivity contribution in [3.8, 4) is 23.0 Å². The van der Waals surface area contributed by atoms with Crippen LogP contribution in [-0.4, -0.2) is 73.2 Å². The molecular weight excluding hydrogens is 712 g/mol. The zero-order valence-corrected chi connectivity index (χ0v) is 33.7. The van der Waals surface area contributed by atoms with E-state index in [0.29, 0.717) is 11.1 Å². The van der Waals surface area contributed by atoms with Crippen molar-refractivity contribution < 1.29 is 57.2 Å². The molecule has 0 aliphatic rings. The first kappa shape index (κ1) is 45.5. The van der Waals surface area contributed by atoms with Gasteiger partial charge in [-0.1, -0.05) is 52.0 Å². The van der Waals surface area contributed by atoms with Gasteiger partial charge in [-0.15, -0.1) is 0 Å². The number of allylic oxidation sites excluding steroid dienone is 2. The van der Waals surface area contributed by atoms with Gasteiger partial charge in [-0.2, -0.15) is 0 Å². The van der Waals surface area contributed by atoms with E-state index in [9.17, 15) is 28.8 Å². The van der Waals surface area contributed by atoms with Crippen LogP contribution in [0.4, 0.5) is 9.59 Å². The number of alkyl carbamates (subject to hydrolysis) is 2. The molecule has 2 aromatic carbocycles. The van der Waals surface area contributed by atoms with E-state index >= 15 is 0 Å². The highest BCUT2D eigenvalue weighted by molar-refractivity contribution is 6.11. The Labute approximate surface area is 322 Å². The molecular formula is C41H54N2O12. The Morgan fingerprint density at radius 2 is 0.927 bits per heavy atom. The summed E-state index contributed by atoms with van der Waals surface area (Å²) in [5.41, 5.74) is -0.427.